The van der Waals surface area contributed by atoms with Gasteiger partial charge in [-0.3, -0.25) is 9.20 Å². The summed E-state index contributed by atoms with van der Waals surface area (Å²) in [5.74, 6) is -0.325. The summed E-state index contributed by atoms with van der Waals surface area (Å²) >= 11 is 5.97. The van der Waals surface area contributed by atoms with Crippen LogP contribution in [0.25, 0.3) is 16.6 Å². The molecule has 0 radical (unpaired) electrons. The van der Waals surface area contributed by atoms with E-state index in [4.69, 9.17) is 17.3 Å². The second-order valence-corrected chi connectivity index (χ2v) is 7.10. The molecule has 0 aliphatic heterocycles. The van der Waals surface area contributed by atoms with Crippen molar-refractivity contribution in [2.75, 3.05) is 17.6 Å². The number of benzene rings is 1. The lowest BCUT2D eigenvalue weighted by molar-refractivity contribution is 0.618. The summed E-state index contributed by atoms with van der Waals surface area (Å²) < 4.78 is 15.0. The van der Waals surface area contributed by atoms with Gasteiger partial charge in [0, 0.05) is 18.3 Å². The minimum absolute atomic E-state index is 0.0338. The molecule has 0 saturated heterocycles. The minimum Gasteiger partial charge on any atom is -0.368 e. The van der Waals surface area contributed by atoms with Gasteiger partial charge in [0.2, 0.25) is 5.95 Å². The molecule has 9 heteroatoms. The van der Waals surface area contributed by atoms with Gasteiger partial charge < -0.3 is 11.1 Å². The Hall–Kier alpha value is -3.96. The Morgan fingerprint density at radius 2 is 1.97 bits per heavy atom. The standard InChI is InChI=1S/C22H16ClFN6O/c23-19-17(11-25)20(29-22(26)28-19)27-9-8-14-10-16-7-6-15(24)12-30(16)21(31)18(14)13-4-2-1-3-5-13/h1-7,10,12H,8-9H2,(H3,26,27,28,29). The largest absolute Gasteiger partial charge is 0.368 e. The van der Waals surface area contributed by atoms with Gasteiger partial charge in [0.1, 0.15) is 17.4 Å². The van der Waals surface area contributed by atoms with Crippen molar-refractivity contribution in [3.63, 3.8) is 0 Å². The number of hydrogen-bond acceptors (Lipinski definition) is 6. The summed E-state index contributed by atoms with van der Waals surface area (Å²) in [6.45, 7) is 0.345. The van der Waals surface area contributed by atoms with Gasteiger partial charge in [-0.1, -0.05) is 41.9 Å². The van der Waals surface area contributed by atoms with Crippen molar-refractivity contribution < 1.29 is 4.39 Å². The highest BCUT2D eigenvalue weighted by Gasteiger charge is 2.15. The molecule has 0 spiro atoms. The summed E-state index contributed by atoms with van der Waals surface area (Å²) in [5, 5.41) is 12.3. The third-order valence-corrected chi connectivity index (χ3v) is 5.04. The van der Waals surface area contributed by atoms with Crippen molar-refractivity contribution >= 4 is 28.9 Å². The van der Waals surface area contributed by atoms with E-state index < -0.39 is 5.82 Å². The number of pyridine rings is 2. The number of halogens is 2. The number of hydrogen-bond donors (Lipinski definition) is 2. The maximum atomic E-state index is 13.7. The van der Waals surface area contributed by atoms with Crippen LogP contribution in [0.4, 0.5) is 16.2 Å². The molecule has 0 aliphatic carbocycles. The molecule has 154 valence electrons. The zero-order chi connectivity index (χ0) is 22.0. The van der Waals surface area contributed by atoms with Crippen LogP contribution >= 0.6 is 11.6 Å². The van der Waals surface area contributed by atoms with Gasteiger partial charge in [-0.2, -0.15) is 15.2 Å². The molecular weight excluding hydrogens is 419 g/mol. The highest BCUT2D eigenvalue weighted by Crippen LogP contribution is 2.24. The van der Waals surface area contributed by atoms with Gasteiger partial charge in [0.05, 0.1) is 5.56 Å². The maximum absolute atomic E-state index is 13.7. The fourth-order valence-electron chi connectivity index (χ4n) is 3.39. The quantitative estimate of drug-likeness (QED) is 0.464. The van der Waals surface area contributed by atoms with E-state index in [1.165, 1.54) is 16.7 Å². The molecule has 0 atom stereocenters. The van der Waals surface area contributed by atoms with Crippen molar-refractivity contribution in [3.8, 4) is 17.2 Å². The number of nitrogens with one attached hydrogen (secondary N) is 1. The van der Waals surface area contributed by atoms with Crippen LogP contribution < -0.4 is 16.6 Å². The smallest absolute Gasteiger partial charge is 0.263 e. The second kappa shape index (κ2) is 8.42. The van der Waals surface area contributed by atoms with Crippen molar-refractivity contribution in [2.24, 2.45) is 0 Å². The Morgan fingerprint density at radius 1 is 1.19 bits per heavy atom. The predicted molar refractivity (Wildman–Crippen MR) is 117 cm³/mol. The van der Waals surface area contributed by atoms with Gasteiger partial charge in [0.25, 0.3) is 5.56 Å². The van der Waals surface area contributed by atoms with Gasteiger partial charge in [-0.05, 0) is 35.7 Å². The summed E-state index contributed by atoms with van der Waals surface area (Å²) in [6.07, 6.45) is 1.61. The number of fused-ring (bicyclic) bond motifs is 1. The number of aromatic nitrogens is 3. The molecule has 0 amide bonds. The molecule has 7 nitrogen and oxygen atoms in total. The number of rotatable bonds is 5. The van der Waals surface area contributed by atoms with Crippen LogP contribution in [0.15, 0.2) is 59.5 Å². The average Bonchev–Trinajstić information content (AvgIpc) is 2.75. The Balaban J connectivity index is 1.73. The molecular formula is C22H16ClFN6O. The Labute approximate surface area is 181 Å². The van der Waals surface area contributed by atoms with Crippen molar-refractivity contribution in [1.29, 1.82) is 5.26 Å². The predicted octanol–water partition coefficient (Wildman–Crippen LogP) is 3.66. The first-order valence-electron chi connectivity index (χ1n) is 9.34. The van der Waals surface area contributed by atoms with E-state index in [0.717, 1.165) is 11.1 Å². The van der Waals surface area contributed by atoms with Crippen LogP contribution in [0.5, 0.6) is 0 Å². The fraction of sp³-hybridized carbons (Fsp3) is 0.0909. The molecule has 4 aromatic rings. The zero-order valence-electron chi connectivity index (χ0n) is 16.1. The molecule has 0 fully saturated rings. The van der Waals surface area contributed by atoms with Crippen LogP contribution in [0.1, 0.15) is 11.1 Å². The SMILES string of the molecule is N#Cc1c(Cl)nc(N)nc1NCCc1cc2ccc(F)cn2c(=O)c1-c1ccccc1. The third kappa shape index (κ3) is 4.04. The summed E-state index contributed by atoms with van der Waals surface area (Å²) in [6, 6.07) is 15.9. The van der Waals surface area contributed by atoms with Crippen LogP contribution in [0, 0.1) is 17.1 Å². The molecule has 0 saturated carbocycles. The van der Waals surface area contributed by atoms with E-state index in [1.54, 1.807) is 6.07 Å². The van der Waals surface area contributed by atoms with Crippen LogP contribution in [-0.2, 0) is 6.42 Å². The lowest BCUT2D eigenvalue weighted by atomic mass is 9.98. The van der Waals surface area contributed by atoms with Crippen molar-refractivity contribution in [2.45, 2.75) is 6.42 Å². The molecule has 0 bridgehead atoms. The molecule has 0 aliphatic rings. The topological polar surface area (TPSA) is 109 Å². The molecule has 3 heterocycles. The number of nitriles is 1. The number of anilines is 2. The third-order valence-electron chi connectivity index (χ3n) is 4.76. The Morgan fingerprint density at radius 3 is 2.71 bits per heavy atom. The van der Waals surface area contributed by atoms with Crippen LogP contribution in [0.3, 0.4) is 0 Å². The molecule has 31 heavy (non-hydrogen) atoms. The monoisotopic (exact) mass is 434 g/mol. The highest BCUT2D eigenvalue weighted by atomic mass is 35.5. The first kappa shape index (κ1) is 20.3. The lowest BCUT2D eigenvalue weighted by Crippen LogP contribution is -2.20. The van der Waals surface area contributed by atoms with Crippen molar-refractivity contribution in [1.82, 2.24) is 14.4 Å². The van der Waals surface area contributed by atoms with Crippen LogP contribution in [-0.4, -0.2) is 20.9 Å². The molecule has 1 aromatic carbocycles. The van der Waals surface area contributed by atoms with E-state index >= 15 is 0 Å². The summed E-state index contributed by atoms with van der Waals surface area (Å²) in [7, 11) is 0. The zero-order valence-corrected chi connectivity index (χ0v) is 16.9. The molecule has 3 aromatic heterocycles. The van der Waals surface area contributed by atoms with E-state index in [9.17, 15) is 14.4 Å². The molecule has 4 rings (SSSR count). The normalized spacial score (nSPS) is 10.7. The van der Waals surface area contributed by atoms with Gasteiger partial charge in [-0.15, -0.1) is 0 Å². The van der Waals surface area contributed by atoms with Gasteiger partial charge in [-0.25, -0.2) is 4.39 Å². The highest BCUT2D eigenvalue weighted by molar-refractivity contribution is 6.31. The summed E-state index contributed by atoms with van der Waals surface area (Å²) in [5.41, 5.74) is 7.96. The fourth-order valence-corrected chi connectivity index (χ4v) is 3.61. The van der Waals surface area contributed by atoms with Crippen LogP contribution in [0.2, 0.25) is 5.15 Å². The van der Waals surface area contributed by atoms with E-state index in [1.807, 2.05) is 42.5 Å². The summed E-state index contributed by atoms with van der Waals surface area (Å²) in [4.78, 5) is 21.0. The van der Waals surface area contributed by atoms with Gasteiger partial charge in [0.15, 0.2) is 11.0 Å². The first-order chi connectivity index (χ1) is 15.0. The first-order valence-corrected chi connectivity index (χ1v) is 9.72. The maximum Gasteiger partial charge on any atom is 0.263 e. The minimum atomic E-state index is -0.495. The van der Waals surface area contributed by atoms with Crippen molar-refractivity contribution in [3.05, 3.63) is 87.2 Å². The van der Waals surface area contributed by atoms with E-state index in [-0.39, 0.29) is 28.0 Å². The molecule has 3 N–H and O–H groups in total. The Bertz CT molecular complexity index is 1380. The van der Waals surface area contributed by atoms with E-state index in [0.29, 0.717) is 24.0 Å². The number of nitrogens with two attached hydrogens (primary N) is 1. The lowest BCUT2D eigenvalue weighted by Gasteiger charge is -2.14. The number of nitrogen functional groups attached to an aromatic ring is 1. The van der Waals surface area contributed by atoms with Gasteiger partial charge >= 0.3 is 0 Å². The second-order valence-electron chi connectivity index (χ2n) is 6.74. The molecule has 0 unspecified atom stereocenters. The van der Waals surface area contributed by atoms with E-state index in [2.05, 4.69) is 15.3 Å². The average molecular weight is 435 g/mol. The number of nitrogens with zero attached hydrogens (tertiary/aromatic N) is 4. The Kier molecular flexibility index (Phi) is 5.52.